The van der Waals surface area contributed by atoms with Crippen molar-refractivity contribution in [2.45, 2.75) is 32.2 Å². The Bertz CT molecular complexity index is 502. The Balaban J connectivity index is 2.27. The van der Waals surface area contributed by atoms with Crippen molar-refractivity contribution in [3.05, 3.63) is 28.3 Å². The van der Waals surface area contributed by atoms with Gasteiger partial charge in [0.1, 0.15) is 5.75 Å². The number of nitrogens with one attached hydrogen (secondary N) is 1. The first kappa shape index (κ1) is 14.2. The van der Waals surface area contributed by atoms with E-state index >= 15 is 0 Å². The zero-order chi connectivity index (χ0) is 14.2. The van der Waals surface area contributed by atoms with E-state index in [4.69, 9.17) is 16.7 Å². The van der Waals surface area contributed by atoms with Gasteiger partial charge in [-0.05, 0) is 30.0 Å². The molecule has 1 heterocycles. The summed E-state index contributed by atoms with van der Waals surface area (Å²) in [6.45, 7) is 4.44. The van der Waals surface area contributed by atoms with Gasteiger partial charge in [0.2, 0.25) is 0 Å². The third-order valence-electron chi connectivity index (χ3n) is 3.62. The summed E-state index contributed by atoms with van der Waals surface area (Å²) in [7, 11) is 0. The standard InChI is InChI=1S/C14H18ClNO3/c1-7(2)9-5-13(17)10(4-11(9)15)12-3-8(6-16-12)14(18)19/h4-5,7-8,12,16-17H,3,6H2,1-2H3,(H,18,19). The second-order valence-corrected chi connectivity index (χ2v) is 5.73. The molecule has 0 spiro atoms. The minimum atomic E-state index is -0.806. The van der Waals surface area contributed by atoms with Gasteiger partial charge < -0.3 is 15.5 Å². The fourth-order valence-electron chi connectivity index (χ4n) is 2.48. The molecule has 5 heteroatoms. The van der Waals surface area contributed by atoms with Crippen molar-refractivity contribution in [1.29, 1.82) is 0 Å². The maximum absolute atomic E-state index is 10.9. The van der Waals surface area contributed by atoms with E-state index in [1.807, 2.05) is 13.8 Å². The molecule has 1 aromatic rings. The van der Waals surface area contributed by atoms with Crippen LogP contribution in [-0.2, 0) is 4.79 Å². The molecule has 1 fully saturated rings. The van der Waals surface area contributed by atoms with Gasteiger partial charge in [0.05, 0.1) is 5.92 Å². The summed E-state index contributed by atoms with van der Waals surface area (Å²) in [6.07, 6.45) is 0.472. The van der Waals surface area contributed by atoms with Gasteiger partial charge in [0.25, 0.3) is 0 Å². The molecule has 0 aliphatic carbocycles. The number of carboxylic acids is 1. The first-order valence-corrected chi connectivity index (χ1v) is 6.76. The van der Waals surface area contributed by atoms with Gasteiger partial charge in [-0.25, -0.2) is 0 Å². The van der Waals surface area contributed by atoms with Crippen molar-refractivity contribution in [3.8, 4) is 5.75 Å². The Kier molecular flexibility index (Phi) is 4.02. The number of carbonyl (C=O) groups is 1. The van der Waals surface area contributed by atoms with Crippen LogP contribution in [0.3, 0.4) is 0 Å². The van der Waals surface area contributed by atoms with Crippen molar-refractivity contribution in [2.24, 2.45) is 5.92 Å². The Morgan fingerprint density at radius 1 is 1.47 bits per heavy atom. The van der Waals surface area contributed by atoms with Gasteiger partial charge >= 0.3 is 5.97 Å². The van der Waals surface area contributed by atoms with Crippen LogP contribution >= 0.6 is 11.6 Å². The zero-order valence-corrected chi connectivity index (χ0v) is 11.7. The van der Waals surface area contributed by atoms with Crippen molar-refractivity contribution in [3.63, 3.8) is 0 Å². The van der Waals surface area contributed by atoms with Crippen LogP contribution in [0.1, 0.15) is 43.4 Å². The van der Waals surface area contributed by atoms with Crippen molar-refractivity contribution in [2.75, 3.05) is 6.54 Å². The molecule has 3 N–H and O–H groups in total. The van der Waals surface area contributed by atoms with E-state index in [1.54, 1.807) is 12.1 Å². The van der Waals surface area contributed by atoms with Gasteiger partial charge in [-0.1, -0.05) is 25.4 Å². The highest BCUT2D eigenvalue weighted by atomic mass is 35.5. The summed E-state index contributed by atoms with van der Waals surface area (Å²) in [5.41, 5.74) is 1.58. The molecule has 2 atom stereocenters. The zero-order valence-electron chi connectivity index (χ0n) is 11.0. The van der Waals surface area contributed by atoms with E-state index in [1.165, 1.54) is 0 Å². The Morgan fingerprint density at radius 3 is 2.68 bits per heavy atom. The number of phenols is 1. The smallest absolute Gasteiger partial charge is 0.307 e. The highest BCUT2D eigenvalue weighted by Crippen LogP contribution is 2.37. The topological polar surface area (TPSA) is 69.6 Å². The third-order valence-corrected chi connectivity index (χ3v) is 3.95. The SMILES string of the molecule is CC(C)c1cc(O)c(C2CC(C(=O)O)CN2)cc1Cl. The number of halogens is 1. The maximum atomic E-state index is 10.9. The molecule has 0 saturated carbocycles. The first-order chi connectivity index (χ1) is 8.90. The van der Waals surface area contributed by atoms with Crippen LogP contribution in [0.5, 0.6) is 5.75 Å². The largest absolute Gasteiger partial charge is 0.508 e. The van der Waals surface area contributed by atoms with Crippen LogP contribution in [0, 0.1) is 5.92 Å². The highest BCUT2D eigenvalue weighted by molar-refractivity contribution is 6.31. The number of benzene rings is 1. The molecule has 104 valence electrons. The molecule has 0 aromatic heterocycles. The molecule has 2 unspecified atom stereocenters. The summed E-state index contributed by atoms with van der Waals surface area (Å²) in [6, 6.07) is 3.27. The number of rotatable bonds is 3. The second kappa shape index (κ2) is 5.39. The van der Waals surface area contributed by atoms with E-state index < -0.39 is 11.9 Å². The fraction of sp³-hybridized carbons (Fsp3) is 0.500. The molecule has 1 aliphatic rings. The molecular weight excluding hydrogens is 266 g/mol. The Labute approximate surface area is 117 Å². The number of carboxylic acid groups (broad SMARTS) is 1. The molecule has 0 amide bonds. The molecule has 0 bridgehead atoms. The molecule has 0 radical (unpaired) electrons. The molecule has 1 aliphatic heterocycles. The van der Waals surface area contributed by atoms with Crippen LogP contribution in [-0.4, -0.2) is 22.7 Å². The summed E-state index contributed by atoms with van der Waals surface area (Å²) in [5, 5.41) is 22.8. The number of phenolic OH excluding ortho intramolecular Hbond substituents is 1. The van der Waals surface area contributed by atoms with Gasteiger partial charge in [-0.2, -0.15) is 0 Å². The van der Waals surface area contributed by atoms with Crippen LogP contribution in [0.2, 0.25) is 5.02 Å². The predicted molar refractivity (Wildman–Crippen MR) is 73.7 cm³/mol. The molecule has 19 heavy (non-hydrogen) atoms. The first-order valence-electron chi connectivity index (χ1n) is 6.38. The van der Waals surface area contributed by atoms with E-state index in [-0.39, 0.29) is 17.7 Å². The fourth-order valence-corrected chi connectivity index (χ4v) is 2.87. The van der Waals surface area contributed by atoms with Crippen LogP contribution < -0.4 is 5.32 Å². The lowest BCUT2D eigenvalue weighted by atomic mass is 9.95. The summed E-state index contributed by atoms with van der Waals surface area (Å²) < 4.78 is 0. The second-order valence-electron chi connectivity index (χ2n) is 5.32. The minimum Gasteiger partial charge on any atom is -0.508 e. The predicted octanol–water partition coefficient (Wildman–Crippen LogP) is 2.90. The Morgan fingerprint density at radius 2 is 2.16 bits per heavy atom. The average molecular weight is 284 g/mol. The third kappa shape index (κ3) is 2.85. The normalized spacial score (nSPS) is 22.9. The molecule has 1 saturated heterocycles. The number of hydrogen-bond acceptors (Lipinski definition) is 3. The lowest BCUT2D eigenvalue weighted by molar-refractivity contribution is -0.141. The van der Waals surface area contributed by atoms with Crippen LogP contribution in [0.25, 0.3) is 0 Å². The molecular formula is C14H18ClNO3. The number of aliphatic carboxylic acids is 1. The lowest BCUT2D eigenvalue weighted by Crippen LogP contribution is -2.17. The average Bonchev–Trinajstić information content (AvgIpc) is 2.80. The van der Waals surface area contributed by atoms with Crippen LogP contribution in [0.4, 0.5) is 0 Å². The number of aromatic hydroxyl groups is 1. The molecule has 4 nitrogen and oxygen atoms in total. The monoisotopic (exact) mass is 283 g/mol. The maximum Gasteiger partial charge on any atom is 0.307 e. The van der Waals surface area contributed by atoms with E-state index in [0.29, 0.717) is 23.6 Å². The van der Waals surface area contributed by atoms with Gasteiger partial charge in [-0.3, -0.25) is 4.79 Å². The van der Waals surface area contributed by atoms with E-state index in [2.05, 4.69) is 5.32 Å². The highest BCUT2D eigenvalue weighted by Gasteiger charge is 2.31. The van der Waals surface area contributed by atoms with E-state index in [0.717, 1.165) is 5.56 Å². The summed E-state index contributed by atoms with van der Waals surface area (Å²) in [4.78, 5) is 10.9. The molecule has 1 aromatic carbocycles. The Hall–Kier alpha value is -1.26. The van der Waals surface area contributed by atoms with Gasteiger partial charge in [0, 0.05) is 23.2 Å². The lowest BCUT2D eigenvalue weighted by Gasteiger charge is -2.16. The van der Waals surface area contributed by atoms with Crippen molar-refractivity contribution < 1.29 is 15.0 Å². The van der Waals surface area contributed by atoms with Gasteiger partial charge in [0.15, 0.2) is 0 Å². The molecule has 2 rings (SSSR count). The summed E-state index contributed by atoms with van der Waals surface area (Å²) >= 11 is 6.22. The van der Waals surface area contributed by atoms with E-state index in [9.17, 15) is 9.90 Å². The number of hydrogen-bond donors (Lipinski definition) is 3. The van der Waals surface area contributed by atoms with Crippen molar-refractivity contribution in [1.82, 2.24) is 5.32 Å². The minimum absolute atomic E-state index is 0.153. The summed E-state index contributed by atoms with van der Waals surface area (Å²) in [5.74, 6) is -0.806. The van der Waals surface area contributed by atoms with Crippen LogP contribution in [0.15, 0.2) is 12.1 Å². The van der Waals surface area contributed by atoms with Gasteiger partial charge in [-0.15, -0.1) is 0 Å². The van der Waals surface area contributed by atoms with Crippen molar-refractivity contribution >= 4 is 17.6 Å². The quantitative estimate of drug-likeness (QED) is 0.798.